The van der Waals surface area contributed by atoms with Crippen LogP contribution in [0.1, 0.15) is 28.4 Å². The first kappa shape index (κ1) is 23.3. The summed E-state index contributed by atoms with van der Waals surface area (Å²) in [5.74, 6) is 0.286. The molecule has 8 heteroatoms. The van der Waals surface area contributed by atoms with Crippen LogP contribution in [0.4, 0.5) is 0 Å². The second-order valence-electron chi connectivity index (χ2n) is 7.11. The van der Waals surface area contributed by atoms with Crippen LogP contribution in [0, 0.1) is 0 Å². The Morgan fingerprint density at radius 2 is 1.88 bits per heavy atom. The second-order valence-corrected chi connectivity index (χ2v) is 8.02. The summed E-state index contributed by atoms with van der Waals surface area (Å²) in [6.45, 7) is 2.18. The molecule has 0 unspecified atom stereocenters. The van der Waals surface area contributed by atoms with Crippen molar-refractivity contribution in [3.8, 4) is 17.2 Å². The minimum Gasteiger partial charge on any atom is -0.497 e. The normalized spacial score (nSPS) is 13.9. The van der Waals surface area contributed by atoms with E-state index in [1.807, 2.05) is 25.1 Å². The molecular formula is C26H20BrNO6. The Bertz CT molecular complexity index is 1310. The SMILES string of the molecule is CCOc1cc(C=C2N=C(c3cccc(Br)c3)OC2=O)ccc1OC(=O)c1cccc(OC)c1. The minimum absolute atomic E-state index is 0.151. The largest absolute Gasteiger partial charge is 0.497 e. The number of carbonyl (C=O) groups excluding carboxylic acids is 2. The number of esters is 2. The molecule has 0 saturated carbocycles. The van der Waals surface area contributed by atoms with Crippen LogP contribution in [0.2, 0.25) is 0 Å². The van der Waals surface area contributed by atoms with Crippen LogP contribution in [0.25, 0.3) is 6.08 Å². The molecule has 0 spiro atoms. The van der Waals surface area contributed by atoms with Gasteiger partial charge in [0.15, 0.2) is 17.2 Å². The zero-order valence-corrected chi connectivity index (χ0v) is 20.0. The van der Waals surface area contributed by atoms with Gasteiger partial charge in [0, 0.05) is 10.0 Å². The summed E-state index contributed by atoms with van der Waals surface area (Å²) in [6, 6.07) is 19.0. The van der Waals surface area contributed by atoms with Crippen molar-refractivity contribution < 1.29 is 28.5 Å². The van der Waals surface area contributed by atoms with Crippen molar-refractivity contribution >= 4 is 39.8 Å². The average Bonchev–Trinajstić information content (AvgIpc) is 3.21. The van der Waals surface area contributed by atoms with Crippen molar-refractivity contribution in [3.05, 3.63) is 93.6 Å². The summed E-state index contributed by atoms with van der Waals surface area (Å²) < 4.78 is 22.5. The summed E-state index contributed by atoms with van der Waals surface area (Å²) in [4.78, 5) is 29.3. The van der Waals surface area contributed by atoms with E-state index >= 15 is 0 Å². The second kappa shape index (κ2) is 10.4. The fourth-order valence-corrected chi connectivity index (χ4v) is 3.59. The molecule has 3 aromatic rings. The third-order valence-electron chi connectivity index (χ3n) is 4.77. The number of methoxy groups -OCH3 is 1. The van der Waals surface area contributed by atoms with Gasteiger partial charge in [-0.2, -0.15) is 0 Å². The van der Waals surface area contributed by atoms with E-state index in [4.69, 9.17) is 18.9 Å². The Balaban J connectivity index is 1.59. The molecule has 1 aliphatic heterocycles. The van der Waals surface area contributed by atoms with Crippen LogP contribution in [0.5, 0.6) is 17.2 Å². The number of ether oxygens (including phenoxy) is 4. The predicted octanol–water partition coefficient (Wildman–Crippen LogP) is 5.42. The van der Waals surface area contributed by atoms with Crippen LogP contribution in [-0.2, 0) is 9.53 Å². The van der Waals surface area contributed by atoms with Crippen molar-refractivity contribution in [1.29, 1.82) is 0 Å². The van der Waals surface area contributed by atoms with Gasteiger partial charge < -0.3 is 18.9 Å². The summed E-state index contributed by atoms with van der Waals surface area (Å²) in [5, 5.41) is 0. The number of carbonyl (C=O) groups is 2. The van der Waals surface area contributed by atoms with E-state index in [1.54, 1.807) is 54.6 Å². The summed E-state index contributed by atoms with van der Waals surface area (Å²) >= 11 is 3.40. The van der Waals surface area contributed by atoms with Crippen LogP contribution in [0.3, 0.4) is 0 Å². The summed E-state index contributed by atoms with van der Waals surface area (Å²) in [6.07, 6.45) is 1.59. The maximum absolute atomic E-state index is 12.6. The number of hydrogen-bond donors (Lipinski definition) is 0. The van der Waals surface area contributed by atoms with Gasteiger partial charge >= 0.3 is 11.9 Å². The molecule has 0 bridgehead atoms. The van der Waals surface area contributed by atoms with Crippen LogP contribution < -0.4 is 14.2 Å². The highest BCUT2D eigenvalue weighted by Crippen LogP contribution is 2.31. The number of benzene rings is 3. The lowest BCUT2D eigenvalue weighted by Crippen LogP contribution is -2.10. The van der Waals surface area contributed by atoms with Crippen molar-refractivity contribution in [2.75, 3.05) is 13.7 Å². The number of cyclic esters (lactones) is 1. The maximum atomic E-state index is 12.6. The van der Waals surface area contributed by atoms with Crippen molar-refractivity contribution in [1.82, 2.24) is 0 Å². The number of hydrogen-bond acceptors (Lipinski definition) is 7. The fourth-order valence-electron chi connectivity index (χ4n) is 3.19. The number of halogens is 1. The summed E-state index contributed by atoms with van der Waals surface area (Å²) in [7, 11) is 1.52. The van der Waals surface area contributed by atoms with Gasteiger partial charge in [0.05, 0.1) is 19.3 Å². The van der Waals surface area contributed by atoms with Crippen molar-refractivity contribution in [2.45, 2.75) is 6.92 Å². The van der Waals surface area contributed by atoms with Gasteiger partial charge in [-0.1, -0.05) is 34.1 Å². The molecule has 4 rings (SSSR count). The summed E-state index contributed by atoms with van der Waals surface area (Å²) in [5.41, 5.74) is 1.81. The molecule has 0 fully saturated rings. The molecule has 0 atom stereocenters. The minimum atomic E-state index is -0.554. The molecule has 34 heavy (non-hydrogen) atoms. The Kier molecular flexibility index (Phi) is 7.08. The Morgan fingerprint density at radius 1 is 1.06 bits per heavy atom. The molecular weight excluding hydrogens is 502 g/mol. The molecule has 172 valence electrons. The Morgan fingerprint density at radius 3 is 2.65 bits per heavy atom. The third-order valence-corrected chi connectivity index (χ3v) is 5.26. The van der Waals surface area contributed by atoms with Crippen LogP contribution in [0.15, 0.2) is 81.9 Å². The molecule has 0 radical (unpaired) electrons. The monoisotopic (exact) mass is 521 g/mol. The molecule has 3 aromatic carbocycles. The van der Waals surface area contributed by atoms with Crippen LogP contribution in [-0.4, -0.2) is 31.6 Å². The van der Waals surface area contributed by atoms with Gasteiger partial charge in [0.25, 0.3) is 0 Å². The molecule has 1 aliphatic rings. The Labute approximate surface area is 204 Å². The molecule has 0 amide bonds. The van der Waals surface area contributed by atoms with Crippen molar-refractivity contribution in [2.24, 2.45) is 4.99 Å². The molecule has 0 aromatic heterocycles. The molecule has 0 N–H and O–H groups in total. The van der Waals surface area contributed by atoms with E-state index in [-0.39, 0.29) is 17.3 Å². The highest BCUT2D eigenvalue weighted by Gasteiger charge is 2.24. The topological polar surface area (TPSA) is 83.4 Å². The average molecular weight is 522 g/mol. The van der Waals surface area contributed by atoms with E-state index in [1.165, 1.54) is 7.11 Å². The first-order valence-corrected chi connectivity index (χ1v) is 11.2. The van der Waals surface area contributed by atoms with E-state index in [0.29, 0.717) is 34.8 Å². The van der Waals surface area contributed by atoms with Crippen molar-refractivity contribution in [3.63, 3.8) is 0 Å². The van der Waals surface area contributed by atoms with E-state index in [9.17, 15) is 9.59 Å². The van der Waals surface area contributed by atoms with E-state index in [0.717, 1.165) is 4.47 Å². The lowest BCUT2D eigenvalue weighted by molar-refractivity contribution is -0.129. The van der Waals surface area contributed by atoms with Gasteiger partial charge in [0.1, 0.15) is 5.75 Å². The van der Waals surface area contributed by atoms with E-state index < -0.39 is 11.9 Å². The fraction of sp³-hybridized carbons (Fsp3) is 0.115. The van der Waals surface area contributed by atoms with E-state index in [2.05, 4.69) is 20.9 Å². The lowest BCUT2D eigenvalue weighted by Gasteiger charge is -2.12. The zero-order chi connectivity index (χ0) is 24.1. The third kappa shape index (κ3) is 5.35. The molecule has 1 heterocycles. The highest BCUT2D eigenvalue weighted by atomic mass is 79.9. The predicted molar refractivity (Wildman–Crippen MR) is 130 cm³/mol. The first-order valence-electron chi connectivity index (χ1n) is 10.4. The van der Waals surface area contributed by atoms with Gasteiger partial charge in [-0.05, 0) is 67.1 Å². The molecule has 0 saturated heterocycles. The maximum Gasteiger partial charge on any atom is 0.363 e. The highest BCUT2D eigenvalue weighted by molar-refractivity contribution is 9.10. The molecule has 0 aliphatic carbocycles. The zero-order valence-electron chi connectivity index (χ0n) is 18.4. The quantitative estimate of drug-likeness (QED) is 0.234. The first-order chi connectivity index (χ1) is 16.5. The van der Waals surface area contributed by atoms with Gasteiger partial charge in [-0.3, -0.25) is 0 Å². The number of rotatable bonds is 7. The molecule has 7 nitrogen and oxygen atoms in total. The lowest BCUT2D eigenvalue weighted by atomic mass is 10.1. The van der Waals surface area contributed by atoms with Gasteiger partial charge in [-0.25, -0.2) is 14.6 Å². The smallest absolute Gasteiger partial charge is 0.363 e. The van der Waals surface area contributed by atoms with Gasteiger partial charge in [-0.15, -0.1) is 0 Å². The van der Waals surface area contributed by atoms with Crippen LogP contribution >= 0.6 is 15.9 Å². The number of aliphatic imine (C=N–C) groups is 1. The Hall–Kier alpha value is -3.91. The van der Waals surface area contributed by atoms with Gasteiger partial charge in [0.2, 0.25) is 5.90 Å². The standard InChI is InChI=1S/C26H20BrNO6/c1-3-32-23-13-16(10-11-22(23)33-25(29)18-7-5-9-20(15-18)31-2)12-21-26(30)34-24(28-21)17-6-4-8-19(27)14-17/h4-15H,3H2,1-2H3. The number of nitrogens with zero attached hydrogens (tertiary/aromatic N) is 1.